The lowest BCUT2D eigenvalue weighted by Crippen LogP contribution is -2.37. The van der Waals surface area contributed by atoms with E-state index in [0.717, 1.165) is 42.7 Å². The van der Waals surface area contributed by atoms with E-state index in [1.54, 1.807) is 16.9 Å². The van der Waals surface area contributed by atoms with E-state index in [2.05, 4.69) is 11.8 Å². The van der Waals surface area contributed by atoms with Crippen LogP contribution in [0.3, 0.4) is 0 Å². The highest BCUT2D eigenvalue weighted by atomic mass is 32.2. The second-order valence-electron chi connectivity index (χ2n) is 8.42. The Balaban J connectivity index is 1.58. The fraction of sp³-hybridized carbons (Fsp3) is 0.700. The highest BCUT2D eigenvalue weighted by Gasteiger charge is 2.42. The summed E-state index contributed by atoms with van der Waals surface area (Å²) in [5.74, 6) is 2.52. The van der Waals surface area contributed by atoms with Gasteiger partial charge >= 0.3 is 6.18 Å². The van der Waals surface area contributed by atoms with Gasteiger partial charge in [0.25, 0.3) is 0 Å². The second-order valence-corrected chi connectivity index (χ2v) is 10.2. The van der Waals surface area contributed by atoms with E-state index in [1.807, 2.05) is 0 Å². The monoisotopic (exact) mass is 418 g/mol. The number of hydrogen-bond acceptors (Lipinski definition) is 3. The Kier molecular flexibility index (Phi) is 6.41. The lowest BCUT2D eigenvalue weighted by atomic mass is 9.82. The lowest BCUT2D eigenvalue weighted by Gasteiger charge is -2.35. The SMILES string of the molecule is CC(C1CC1)C1CCN(Cc2ccc([C@H](NS(C)(=O)=O)C(F)(F)F)cc2)CC1. The van der Waals surface area contributed by atoms with Crippen LogP contribution < -0.4 is 4.72 Å². The summed E-state index contributed by atoms with van der Waals surface area (Å²) in [6, 6.07) is 3.84. The molecule has 0 radical (unpaired) electrons. The van der Waals surface area contributed by atoms with Gasteiger partial charge < -0.3 is 0 Å². The molecule has 1 aromatic rings. The highest BCUT2D eigenvalue weighted by Crippen LogP contribution is 2.43. The molecule has 0 spiro atoms. The van der Waals surface area contributed by atoms with Gasteiger partial charge in [-0.05, 0) is 67.7 Å². The molecule has 4 nitrogen and oxygen atoms in total. The highest BCUT2D eigenvalue weighted by molar-refractivity contribution is 7.88. The summed E-state index contributed by atoms with van der Waals surface area (Å²) in [6.45, 7) is 5.12. The molecule has 1 aliphatic heterocycles. The molecule has 2 aliphatic rings. The summed E-state index contributed by atoms with van der Waals surface area (Å²) in [6.07, 6.45) is 1.16. The first-order valence-electron chi connectivity index (χ1n) is 9.88. The Morgan fingerprint density at radius 3 is 2.07 bits per heavy atom. The van der Waals surface area contributed by atoms with Crippen LogP contribution in [0.4, 0.5) is 13.2 Å². The fourth-order valence-corrected chi connectivity index (χ4v) is 4.95. The van der Waals surface area contributed by atoms with E-state index >= 15 is 0 Å². The van der Waals surface area contributed by atoms with Gasteiger partial charge in [0.1, 0.15) is 6.04 Å². The topological polar surface area (TPSA) is 49.4 Å². The first-order valence-corrected chi connectivity index (χ1v) is 11.8. The molecular formula is C20H29F3N2O2S. The van der Waals surface area contributed by atoms with Gasteiger partial charge in [0.15, 0.2) is 0 Å². The van der Waals surface area contributed by atoms with Gasteiger partial charge in [0.05, 0.1) is 6.26 Å². The van der Waals surface area contributed by atoms with Crippen LogP contribution in [0.15, 0.2) is 24.3 Å². The zero-order valence-electron chi connectivity index (χ0n) is 16.4. The molecule has 8 heteroatoms. The predicted octanol–water partition coefficient (Wildman–Crippen LogP) is 4.10. The van der Waals surface area contributed by atoms with Crippen molar-refractivity contribution < 1.29 is 21.6 Å². The number of halogens is 3. The van der Waals surface area contributed by atoms with E-state index in [9.17, 15) is 21.6 Å². The van der Waals surface area contributed by atoms with Crippen LogP contribution in [0.2, 0.25) is 0 Å². The van der Waals surface area contributed by atoms with E-state index < -0.39 is 22.2 Å². The summed E-state index contributed by atoms with van der Waals surface area (Å²) in [5, 5.41) is 0. The average Bonchev–Trinajstić information content (AvgIpc) is 3.44. The van der Waals surface area contributed by atoms with E-state index in [0.29, 0.717) is 6.54 Å². The Morgan fingerprint density at radius 2 is 1.61 bits per heavy atom. The number of hydrogen-bond donors (Lipinski definition) is 1. The molecule has 0 aromatic heterocycles. The Hall–Kier alpha value is -1.12. The summed E-state index contributed by atoms with van der Waals surface area (Å²) in [7, 11) is -3.98. The van der Waals surface area contributed by atoms with Crippen molar-refractivity contribution in [2.75, 3.05) is 19.3 Å². The van der Waals surface area contributed by atoms with Crippen molar-refractivity contribution in [3.05, 3.63) is 35.4 Å². The molecule has 2 fully saturated rings. The lowest BCUT2D eigenvalue weighted by molar-refractivity contribution is -0.153. The average molecular weight is 419 g/mol. The van der Waals surface area contributed by atoms with Crippen LogP contribution in [0.25, 0.3) is 0 Å². The molecule has 1 N–H and O–H groups in total. The van der Waals surface area contributed by atoms with Crippen molar-refractivity contribution in [3.63, 3.8) is 0 Å². The molecule has 2 atom stereocenters. The van der Waals surface area contributed by atoms with Crippen molar-refractivity contribution in [2.45, 2.75) is 51.4 Å². The molecular weight excluding hydrogens is 389 g/mol. The largest absolute Gasteiger partial charge is 0.408 e. The Morgan fingerprint density at radius 1 is 1.07 bits per heavy atom. The zero-order chi connectivity index (χ0) is 20.5. The number of sulfonamides is 1. The molecule has 1 saturated heterocycles. The molecule has 1 unspecified atom stereocenters. The Labute approximate surface area is 165 Å². The number of benzene rings is 1. The van der Waals surface area contributed by atoms with Gasteiger partial charge in [-0.1, -0.05) is 31.2 Å². The summed E-state index contributed by atoms with van der Waals surface area (Å²) in [5.41, 5.74) is 0.844. The van der Waals surface area contributed by atoms with E-state index in [4.69, 9.17) is 0 Å². The quantitative estimate of drug-likeness (QED) is 0.725. The van der Waals surface area contributed by atoms with Crippen molar-refractivity contribution in [2.24, 2.45) is 17.8 Å². The Bertz CT molecular complexity index is 753. The van der Waals surface area contributed by atoms with Crippen molar-refractivity contribution in [1.29, 1.82) is 0 Å². The second kappa shape index (κ2) is 8.32. The number of nitrogens with zero attached hydrogens (tertiary/aromatic N) is 1. The van der Waals surface area contributed by atoms with Gasteiger partial charge in [-0.25, -0.2) is 8.42 Å². The minimum Gasteiger partial charge on any atom is -0.299 e. The molecule has 28 heavy (non-hydrogen) atoms. The van der Waals surface area contributed by atoms with Crippen molar-refractivity contribution in [1.82, 2.24) is 9.62 Å². The molecule has 158 valence electrons. The maximum absolute atomic E-state index is 13.2. The number of nitrogens with one attached hydrogen (secondary N) is 1. The third kappa shape index (κ3) is 5.94. The van der Waals surface area contributed by atoms with Gasteiger partial charge in [-0.3, -0.25) is 4.90 Å². The minimum absolute atomic E-state index is 0.0985. The normalized spacial score (nSPS) is 22.2. The molecule has 1 heterocycles. The first-order chi connectivity index (χ1) is 13.0. The summed E-state index contributed by atoms with van der Waals surface area (Å²) >= 11 is 0. The van der Waals surface area contributed by atoms with Crippen LogP contribution in [0.1, 0.15) is 49.8 Å². The van der Waals surface area contributed by atoms with Crippen LogP contribution in [-0.4, -0.2) is 38.8 Å². The first kappa shape index (κ1) is 21.6. The fourth-order valence-electron chi connectivity index (χ4n) is 4.26. The van der Waals surface area contributed by atoms with Gasteiger partial charge in [-0.2, -0.15) is 17.9 Å². The molecule has 1 saturated carbocycles. The van der Waals surface area contributed by atoms with Crippen molar-refractivity contribution in [3.8, 4) is 0 Å². The zero-order valence-corrected chi connectivity index (χ0v) is 17.2. The van der Waals surface area contributed by atoms with Crippen LogP contribution in [-0.2, 0) is 16.6 Å². The van der Waals surface area contributed by atoms with Gasteiger partial charge in [0.2, 0.25) is 10.0 Å². The third-order valence-corrected chi connectivity index (χ3v) is 6.78. The smallest absolute Gasteiger partial charge is 0.299 e. The number of alkyl halides is 3. The molecule has 0 amide bonds. The van der Waals surface area contributed by atoms with Crippen LogP contribution >= 0.6 is 0 Å². The van der Waals surface area contributed by atoms with Crippen molar-refractivity contribution >= 4 is 10.0 Å². The molecule has 1 aromatic carbocycles. The molecule has 0 bridgehead atoms. The molecule has 3 rings (SSSR count). The van der Waals surface area contributed by atoms with Crippen LogP contribution in [0.5, 0.6) is 0 Å². The standard InChI is InChI=1S/C20H29F3N2O2S/c1-14(16-7-8-16)17-9-11-25(12-10-17)13-15-3-5-18(6-4-15)19(20(21,22)23)24-28(2,26)27/h3-6,14,16-17,19,24H,7-13H2,1-2H3/t14?,19-/m0/s1. The summed E-state index contributed by atoms with van der Waals surface area (Å²) < 4.78 is 64.0. The number of piperidine rings is 1. The summed E-state index contributed by atoms with van der Waals surface area (Å²) in [4.78, 5) is 2.35. The number of rotatable bonds is 7. The van der Waals surface area contributed by atoms with Crippen LogP contribution in [0, 0.1) is 17.8 Å². The maximum Gasteiger partial charge on any atom is 0.408 e. The maximum atomic E-state index is 13.2. The van der Waals surface area contributed by atoms with E-state index in [-0.39, 0.29) is 5.56 Å². The van der Waals surface area contributed by atoms with Gasteiger partial charge in [0, 0.05) is 6.54 Å². The molecule has 1 aliphatic carbocycles. The third-order valence-electron chi connectivity index (χ3n) is 6.12. The minimum atomic E-state index is -4.69. The predicted molar refractivity (Wildman–Crippen MR) is 103 cm³/mol. The number of likely N-dealkylation sites (tertiary alicyclic amines) is 1. The van der Waals surface area contributed by atoms with E-state index in [1.165, 1.54) is 37.8 Å². The van der Waals surface area contributed by atoms with Gasteiger partial charge in [-0.15, -0.1) is 0 Å².